The molecule has 1 N–H and O–H groups in total. The summed E-state index contributed by atoms with van der Waals surface area (Å²) < 4.78 is 6.76. The van der Waals surface area contributed by atoms with Crippen molar-refractivity contribution in [2.75, 3.05) is 6.61 Å². The highest BCUT2D eigenvalue weighted by Crippen LogP contribution is 2.15. The zero-order chi connectivity index (χ0) is 21.4. The van der Waals surface area contributed by atoms with Gasteiger partial charge in [0.2, 0.25) is 5.91 Å². The van der Waals surface area contributed by atoms with E-state index in [1.54, 1.807) is 11.8 Å². The largest absolute Gasteiger partial charge is 0.484 e. The second-order valence-electron chi connectivity index (χ2n) is 7.24. The summed E-state index contributed by atoms with van der Waals surface area (Å²) in [5.74, 6) is 0.246. The number of hydrogen-bond donors (Lipinski definition) is 1. The van der Waals surface area contributed by atoms with Gasteiger partial charge in [-0.2, -0.15) is 0 Å². The molecule has 2 unspecified atom stereocenters. The topological polar surface area (TPSA) is 58.6 Å². The maximum Gasteiger partial charge on any atom is 0.261 e. The zero-order valence-electron chi connectivity index (χ0n) is 17.4. The molecule has 0 saturated heterocycles. The smallest absolute Gasteiger partial charge is 0.261 e. The van der Waals surface area contributed by atoms with Crippen molar-refractivity contribution in [2.24, 2.45) is 0 Å². The summed E-state index contributed by atoms with van der Waals surface area (Å²) in [5, 5.41) is 2.97. The maximum atomic E-state index is 13.0. The summed E-state index contributed by atoms with van der Waals surface area (Å²) in [6.45, 7) is 7.98. The molecule has 0 aliphatic carbocycles. The molecule has 2 atom stereocenters. The molecule has 0 saturated carbocycles. The monoisotopic (exact) mass is 508 g/mol. The third-order valence-electron chi connectivity index (χ3n) is 4.82. The number of rotatable bonds is 9. The quantitative estimate of drug-likeness (QED) is 0.514. The standard InChI is InChI=1S/C23H29IN2O3/c1-5-17(3)25-23(28)18(4)26(14-19-8-6-16(2)7-9-19)22(27)15-29-21-12-10-20(24)11-13-21/h6-13,17-18H,5,14-15H2,1-4H3,(H,25,28). The van der Waals surface area contributed by atoms with Gasteiger partial charge >= 0.3 is 0 Å². The molecule has 2 aromatic rings. The SMILES string of the molecule is CCC(C)NC(=O)C(C)N(Cc1ccc(C)cc1)C(=O)COc1ccc(I)cc1. The first kappa shape index (κ1) is 23.2. The summed E-state index contributed by atoms with van der Waals surface area (Å²) in [4.78, 5) is 27.2. The van der Waals surface area contributed by atoms with E-state index in [0.29, 0.717) is 12.3 Å². The third kappa shape index (κ3) is 7.34. The Balaban J connectivity index is 2.13. The summed E-state index contributed by atoms with van der Waals surface area (Å²) in [5.41, 5.74) is 2.12. The molecule has 6 heteroatoms. The molecule has 0 bridgehead atoms. The van der Waals surface area contributed by atoms with E-state index < -0.39 is 6.04 Å². The number of nitrogens with one attached hydrogen (secondary N) is 1. The Kier molecular flexibility index (Phi) is 8.95. The van der Waals surface area contributed by atoms with Gasteiger partial charge in [-0.15, -0.1) is 0 Å². The van der Waals surface area contributed by atoms with Crippen LogP contribution in [0, 0.1) is 10.5 Å². The zero-order valence-corrected chi connectivity index (χ0v) is 19.6. The van der Waals surface area contributed by atoms with Gasteiger partial charge in [0.15, 0.2) is 6.61 Å². The lowest BCUT2D eigenvalue weighted by Gasteiger charge is -2.29. The van der Waals surface area contributed by atoms with Crippen molar-refractivity contribution in [1.29, 1.82) is 0 Å². The molecule has 0 heterocycles. The van der Waals surface area contributed by atoms with Gasteiger partial charge in [0.25, 0.3) is 5.91 Å². The molecule has 156 valence electrons. The lowest BCUT2D eigenvalue weighted by Crippen LogP contribution is -2.50. The van der Waals surface area contributed by atoms with Gasteiger partial charge in [0.1, 0.15) is 11.8 Å². The van der Waals surface area contributed by atoms with Gasteiger partial charge in [0, 0.05) is 16.2 Å². The molecule has 0 spiro atoms. The number of carbonyl (C=O) groups is 2. The fraction of sp³-hybridized carbons (Fsp3) is 0.391. The molecule has 0 radical (unpaired) electrons. The normalized spacial score (nSPS) is 12.7. The van der Waals surface area contributed by atoms with Crippen LogP contribution in [-0.4, -0.2) is 35.4 Å². The summed E-state index contributed by atoms with van der Waals surface area (Å²) in [6.07, 6.45) is 0.834. The molecule has 29 heavy (non-hydrogen) atoms. The fourth-order valence-electron chi connectivity index (χ4n) is 2.70. The van der Waals surface area contributed by atoms with E-state index in [0.717, 1.165) is 21.1 Å². The number of hydrogen-bond acceptors (Lipinski definition) is 3. The van der Waals surface area contributed by atoms with Crippen molar-refractivity contribution in [1.82, 2.24) is 10.2 Å². The van der Waals surface area contributed by atoms with Gasteiger partial charge < -0.3 is 15.0 Å². The lowest BCUT2D eigenvalue weighted by molar-refractivity contribution is -0.142. The minimum atomic E-state index is -0.599. The summed E-state index contributed by atoms with van der Waals surface area (Å²) in [7, 11) is 0. The van der Waals surface area contributed by atoms with Crippen LogP contribution >= 0.6 is 22.6 Å². The van der Waals surface area contributed by atoms with E-state index >= 15 is 0 Å². The van der Waals surface area contributed by atoms with Crippen molar-refractivity contribution >= 4 is 34.4 Å². The lowest BCUT2D eigenvalue weighted by atomic mass is 10.1. The van der Waals surface area contributed by atoms with E-state index in [4.69, 9.17) is 4.74 Å². The van der Waals surface area contributed by atoms with Crippen molar-refractivity contribution < 1.29 is 14.3 Å². The van der Waals surface area contributed by atoms with Crippen LogP contribution in [0.3, 0.4) is 0 Å². The highest BCUT2D eigenvalue weighted by molar-refractivity contribution is 14.1. The third-order valence-corrected chi connectivity index (χ3v) is 5.54. The number of aryl methyl sites for hydroxylation is 1. The highest BCUT2D eigenvalue weighted by Gasteiger charge is 2.27. The number of amides is 2. The van der Waals surface area contributed by atoms with Gasteiger partial charge in [-0.1, -0.05) is 36.8 Å². The number of carbonyl (C=O) groups excluding carboxylic acids is 2. The van der Waals surface area contributed by atoms with Crippen molar-refractivity contribution in [3.8, 4) is 5.75 Å². The Morgan fingerprint density at radius 1 is 1.07 bits per heavy atom. The number of benzene rings is 2. The van der Waals surface area contributed by atoms with Crippen LogP contribution < -0.4 is 10.1 Å². The van der Waals surface area contributed by atoms with Gasteiger partial charge in [-0.3, -0.25) is 9.59 Å². The second kappa shape index (κ2) is 11.2. The van der Waals surface area contributed by atoms with Crippen LogP contribution in [0.1, 0.15) is 38.3 Å². The minimum Gasteiger partial charge on any atom is -0.484 e. The first-order chi connectivity index (χ1) is 13.8. The van der Waals surface area contributed by atoms with Crippen LogP contribution in [0.25, 0.3) is 0 Å². The molecule has 2 amide bonds. The van der Waals surface area contributed by atoms with Gasteiger partial charge in [-0.25, -0.2) is 0 Å². The van der Waals surface area contributed by atoms with E-state index in [9.17, 15) is 9.59 Å². The minimum absolute atomic E-state index is 0.0596. The second-order valence-corrected chi connectivity index (χ2v) is 8.49. The van der Waals surface area contributed by atoms with Gasteiger partial charge in [0.05, 0.1) is 0 Å². The fourth-order valence-corrected chi connectivity index (χ4v) is 3.06. The summed E-state index contributed by atoms with van der Waals surface area (Å²) in [6, 6.07) is 14.9. The Morgan fingerprint density at radius 3 is 2.28 bits per heavy atom. The van der Waals surface area contributed by atoms with E-state index in [1.165, 1.54) is 0 Å². The Hall–Kier alpha value is -2.09. The van der Waals surface area contributed by atoms with E-state index in [1.807, 2.05) is 69.3 Å². The van der Waals surface area contributed by atoms with E-state index in [-0.39, 0.29) is 24.5 Å². The summed E-state index contributed by atoms with van der Waals surface area (Å²) >= 11 is 2.22. The Morgan fingerprint density at radius 2 is 1.69 bits per heavy atom. The average Bonchev–Trinajstić information content (AvgIpc) is 2.72. The molecule has 0 fully saturated rings. The molecular formula is C23H29IN2O3. The van der Waals surface area contributed by atoms with Crippen LogP contribution in [0.4, 0.5) is 0 Å². The molecular weight excluding hydrogens is 479 g/mol. The molecule has 2 aromatic carbocycles. The first-order valence-electron chi connectivity index (χ1n) is 9.84. The van der Waals surface area contributed by atoms with Crippen LogP contribution in [-0.2, 0) is 16.1 Å². The first-order valence-corrected chi connectivity index (χ1v) is 10.9. The predicted octanol–water partition coefficient (Wildman–Crippen LogP) is 4.31. The van der Waals surface area contributed by atoms with Crippen LogP contribution in [0.2, 0.25) is 0 Å². The van der Waals surface area contributed by atoms with Crippen molar-refractivity contribution in [3.05, 3.63) is 63.2 Å². The van der Waals surface area contributed by atoms with Crippen LogP contribution in [0.5, 0.6) is 5.75 Å². The predicted molar refractivity (Wildman–Crippen MR) is 124 cm³/mol. The van der Waals surface area contributed by atoms with E-state index in [2.05, 4.69) is 27.9 Å². The number of ether oxygens (including phenoxy) is 1. The van der Waals surface area contributed by atoms with Crippen molar-refractivity contribution in [2.45, 2.75) is 52.7 Å². The van der Waals surface area contributed by atoms with Gasteiger partial charge in [-0.05, 0) is 79.6 Å². The number of nitrogens with zero attached hydrogens (tertiary/aromatic N) is 1. The molecule has 2 rings (SSSR count). The molecule has 0 aliphatic heterocycles. The molecule has 5 nitrogen and oxygen atoms in total. The Labute approximate surface area is 187 Å². The number of halogens is 1. The maximum absolute atomic E-state index is 13.0. The van der Waals surface area contributed by atoms with Crippen molar-refractivity contribution in [3.63, 3.8) is 0 Å². The van der Waals surface area contributed by atoms with Crippen LogP contribution in [0.15, 0.2) is 48.5 Å². The molecule has 0 aliphatic rings. The average molecular weight is 508 g/mol. The highest BCUT2D eigenvalue weighted by atomic mass is 127. The molecule has 0 aromatic heterocycles. The Bertz CT molecular complexity index is 806.